The Balaban J connectivity index is 4.41. The average molecular weight is 220 g/mol. The maximum atomic E-state index is 8.99. The molecule has 0 atom stereocenters. The summed E-state index contributed by atoms with van der Waals surface area (Å²) < 4.78 is 0. The molecular weight excluding hydrogens is 200 g/mol. The van der Waals surface area contributed by atoms with E-state index in [1.807, 2.05) is 0 Å². The van der Waals surface area contributed by atoms with Crippen molar-refractivity contribution in [2.45, 2.75) is 46.0 Å². The first-order chi connectivity index (χ1) is 7.79. The fraction of sp³-hybridized carbons (Fsp3) is 0.750. The normalized spacial score (nSPS) is 10.6. The lowest BCUT2D eigenvalue weighted by molar-refractivity contribution is 0.533. The van der Waals surface area contributed by atoms with E-state index in [2.05, 4.69) is 31.1 Å². The Morgan fingerprint density at radius 1 is 1.19 bits per heavy atom. The van der Waals surface area contributed by atoms with Crippen molar-refractivity contribution >= 4 is 5.84 Å². The first kappa shape index (κ1) is 14.5. The SMILES string of the molecule is CCCCN=C(CC#N)N(C#N)CCCC. The molecule has 0 saturated carbocycles. The van der Waals surface area contributed by atoms with Gasteiger partial charge in [0, 0.05) is 13.1 Å². The number of rotatable bonds is 7. The van der Waals surface area contributed by atoms with Crippen molar-refractivity contribution in [3.8, 4) is 12.3 Å². The second-order valence-corrected chi connectivity index (χ2v) is 3.59. The molecule has 0 amide bonds. The number of nitriles is 2. The van der Waals surface area contributed by atoms with Gasteiger partial charge in [-0.15, -0.1) is 0 Å². The highest BCUT2D eigenvalue weighted by Gasteiger charge is 2.09. The third kappa shape index (κ3) is 6.03. The number of amidine groups is 1. The van der Waals surface area contributed by atoms with Crippen molar-refractivity contribution < 1.29 is 0 Å². The molecule has 0 fully saturated rings. The van der Waals surface area contributed by atoms with E-state index >= 15 is 0 Å². The van der Waals surface area contributed by atoms with Crippen LogP contribution in [0.3, 0.4) is 0 Å². The fourth-order valence-corrected chi connectivity index (χ4v) is 1.23. The van der Waals surface area contributed by atoms with E-state index in [1.165, 1.54) is 0 Å². The monoisotopic (exact) mass is 220 g/mol. The molecule has 0 aliphatic carbocycles. The number of hydrogen-bond acceptors (Lipinski definition) is 3. The van der Waals surface area contributed by atoms with Gasteiger partial charge >= 0.3 is 0 Å². The van der Waals surface area contributed by atoms with Crippen LogP contribution in [0.1, 0.15) is 46.0 Å². The maximum absolute atomic E-state index is 8.99. The van der Waals surface area contributed by atoms with Gasteiger partial charge in [0.1, 0.15) is 5.84 Å². The number of hydrogen-bond donors (Lipinski definition) is 0. The first-order valence-corrected chi connectivity index (χ1v) is 5.87. The highest BCUT2D eigenvalue weighted by molar-refractivity contribution is 5.85. The lowest BCUT2D eigenvalue weighted by Crippen LogP contribution is -2.27. The number of nitrogens with zero attached hydrogens (tertiary/aromatic N) is 4. The van der Waals surface area contributed by atoms with Gasteiger partial charge in [-0.2, -0.15) is 10.5 Å². The molecule has 0 aromatic carbocycles. The van der Waals surface area contributed by atoms with Gasteiger partial charge in [0.2, 0.25) is 0 Å². The molecule has 0 saturated heterocycles. The molecular formula is C12H20N4. The minimum absolute atomic E-state index is 0.223. The summed E-state index contributed by atoms with van der Waals surface area (Å²) in [4.78, 5) is 5.87. The third-order valence-corrected chi connectivity index (χ3v) is 2.21. The van der Waals surface area contributed by atoms with E-state index in [-0.39, 0.29) is 6.42 Å². The number of aliphatic imine (C=N–C) groups is 1. The van der Waals surface area contributed by atoms with Crippen LogP contribution in [0.25, 0.3) is 0 Å². The summed E-state index contributed by atoms with van der Waals surface area (Å²) in [5.74, 6) is 0.618. The van der Waals surface area contributed by atoms with Crippen LogP contribution in [-0.4, -0.2) is 23.8 Å². The summed E-state index contributed by atoms with van der Waals surface area (Å²) in [6, 6.07) is 2.06. The second-order valence-electron chi connectivity index (χ2n) is 3.59. The summed E-state index contributed by atoms with van der Waals surface area (Å²) >= 11 is 0. The molecule has 0 heterocycles. The Kier molecular flexibility index (Phi) is 9.02. The average Bonchev–Trinajstić information content (AvgIpc) is 2.30. The Morgan fingerprint density at radius 2 is 1.88 bits per heavy atom. The zero-order valence-corrected chi connectivity index (χ0v) is 10.2. The van der Waals surface area contributed by atoms with Gasteiger partial charge in [-0.25, -0.2) is 0 Å². The Morgan fingerprint density at radius 3 is 2.38 bits per heavy atom. The van der Waals surface area contributed by atoms with Gasteiger partial charge in [-0.3, -0.25) is 9.89 Å². The van der Waals surface area contributed by atoms with Crippen molar-refractivity contribution in [2.24, 2.45) is 4.99 Å². The van der Waals surface area contributed by atoms with Gasteiger partial charge in [0.25, 0.3) is 0 Å². The van der Waals surface area contributed by atoms with Crippen LogP contribution in [0.2, 0.25) is 0 Å². The topological polar surface area (TPSA) is 63.2 Å². The van der Waals surface area contributed by atoms with Crippen molar-refractivity contribution in [1.82, 2.24) is 4.90 Å². The van der Waals surface area contributed by atoms with Gasteiger partial charge < -0.3 is 0 Å². The summed E-state index contributed by atoms with van der Waals surface area (Å²) in [5, 5.41) is 17.7. The molecule has 4 heteroatoms. The van der Waals surface area contributed by atoms with Crippen LogP contribution in [0, 0.1) is 22.8 Å². The van der Waals surface area contributed by atoms with Crippen LogP contribution in [0.4, 0.5) is 0 Å². The van der Waals surface area contributed by atoms with E-state index in [0.29, 0.717) is 18.9 Å². The van der Waals surface area contributed by atoms with E-state index in [4.69, 9.17) is 10.5 Å². The summed E-state index contributed by atoms with van der Waals surface area (Å²) in [7, 11) is 0. The quantitative estimate of drug-likeness (QED) is 0.218. The molecule has 4 nitrogen and oxygen atoms in total. The van der Waals surface area contributed by atoms with Crippen molar-refractivity contribution in [3.05, 3.63) is 0 Å². The van der Waals surface area contributed by atoms with Crippen molar-refractivity contribution in [3.63, 3.8) is 0 Å². The Labute approximate surface area is 98.2 Å². The highest BCUT2D eigenvalue weighted by atomic mass is 15.2. The lowest BCUT2D eigenvalue weighted by atomic mass is 10.3. The Bertz CT molecular complexity index is 282. The molecule has 0 unspecified atom stereocenters. The first-order valence-electron chi connectivity index (χ1n) is 5.87. The second kappa shape index (κ2) is 9.98. The largest absolute Gasteiger partial charge is 0.271 e. The predicted octanol–water partition coefficient (Wildman–Crippen LogP) is 2.68. The van der Waals surface area contributed by atoms with Crippen molar-refractivity contribution in [1.29, 1.82) is 10.5 Å². The van der Waals surface area contributed by atoms with Crippen LogP contribution < -0.4 is 0 Å². The van der Waals surface area contributed by atoms with Crippen molar-refractivity contribution in [2.75, 3.05) is 13.1 Å². The third-order valence-electron chi connectivity index (χ3n) is 2.21. The minimum Gasteiger partial charge on any atom is -0.271 e. The van der Waals surface area contributed by atoms with E-state index in [9.17, 15) is 0 Å². The van der Waals surface area contributed by atoms with E-state index in [0.717, 1.165) is 25.7 Å². The molecule has 0 aliphatic rings. The fourth-order valence-electron chi connectivity index (χ4n) is 1.23. The maximum Gasteiger partial charge on any atom is 0.185 e. The molecule has 0 aliphatic heterocycles. The predicted molar refractivity (Wildman–Crippen MR) is 64.7 cm³/mol. The molecule has 0 rings (SSSR count). The zero-order chi connectivity index (χ0) is 12.2. The molecule has 0 aromatic rings. The molecule has 0 N–H and O–H groups in total. The van der Waals surface area contributed by atoms with Gasteiger partial charge in [0.15, 0.2) is 6.19 Å². The van der Waals surface area contributed by atoms with E-state index < -0.39 is 0 Å². The summed E-state index contributed by atoms with van der Waals surface area (Å²) in [6.45, 7) is 5.55. The Hall–Kier alpha value is -1.55. The van der Waals surface area contributed by atoms with Gasteiger partial charge in [-0.05, 0) is 12.8 Å². The number of unbranched alkanes of at least 4 members (excludes halogenated alkanes) is 2. The molecule has 0 aromatic heterocycles. The van der Waals surface area contributed by atoms with Gasteiger partial charge in [-0.1, -0.05) is 26.7 Å². The molecule has 0 radical (unpaired) electrons. The summed E-state index contributed by atoms with van der Waals surface area (Å²) in [6.07, 6.45) is 6.38. The zero-order valence-electron chi connectivity index (χ0n) is 10.2. The van der Waals surface area contributed by atoms with E-state index in [1.54, 1.807) is 4.90 Å². The molecule has 16 heavy (non-hydrogen) atoms. The molecule has 88 valence electrons. The lowest BCUT2D eigenvalue weighted by Gasteiger charge is -2.15. The smallest absolute Gasteiger partial charge is 0.185 e. The van der Waals surface area contributed by atoms with Crippen LogP contribution in [-0.2, 0) is 0 Å². The standard InChI is InChI=1S/C12H20N4/c1-3-5-9-15-12(7-8-13)16(11-14)10-6-4-2/h3-7,9-10H2,1-2H3. The summed E-state index contributed by atoms with van der Waals surface area (Å²) in [5.41, 5.74) is 0. The van der Waals surface area contributed by atoms with Crippen LogP contribution in [0.15, 0.2) is 4.99 Å². The molecule has 0 bridgehead atoms. The van der Waals surface area contributed by atoms with Crippen LogP contribution >= 0.6 is 0 Å². The highest BCUT2D eigenvalue weighted by Crippen LogP contribution is 2.00. The minimum atomic E-state index is 0.223. The van der Waals surface area contributed by atoms with Gasteiger partial charge in [0.05, 0.1) is 12.5 Å². The van der Waals surface area contributed by atoms with Crippen LogP contribution in [0.5, 0.6) is 0 Å². The molecule has 0 spiro atoms.